The highest BCUT2D eigenvalue weighted by atomic mass is 16.1. The number of nitrogens with two attached hydrogens (primary N) is 1. The summed E-state index contributed by atoms with van der Waals surface area (Å²) in [6.45, 7) is 6.11. The molecule has 19 heavy (non-hydrogen) atoms. The number of anilines is 1. The molecule has 0 aliphatic heterocycles. The Labute approximate surface area is 116 Å². The Morgan fingerprint density at radius 3 is 2.37 bits per heavy atom. The fraction of sp³-hybridized carbons (Fsp3) is 0.562. The monoisotopic (exact) mass is 262 g/mol. The van der Waals surface area contributed by atoms with Gasteiger partial charge in [-0.25, -0.2) is 0 Å². The number of hydrogen-bond acceptors (Lipinski definition) is 2. The number of primary amides is 1. The number of hydrogen-bond donors (Lipinski definition) is 2. The van der Waals surface area contributed by atoms with Crippen molar-refractivity contribution in [3.05, 3.63) is 29.8 Å². The first kappa shape index (κ1) is 15.5. The third-order valence-electron chi connectivity index (χ3n) is 3.55. The highest BCUT2D eigenvalue weighted by Gasteiger charge is 2.30. The number of unbranched alkanes of at least 4 members (excludes halogenated alkanes) is 3. The molecule has 1 aromatic carbocycles. The van der Waals surface area contributed by atoms with Gasteiger partial charge in [-0.05, 0) is 32.4 Å². The third-order valence-corrected chi connectivity index (χ3v) is 3.55. The van der Waals surface area contributed by atoms with Crippen LogP contribution >= 0.6 is 0 Å². The SMILES string of the molecule is CCCCCCC(C)(Nc1ccc(C)cc1)C(N)=O. The average Bonchev–Trinajstić information content (AvgIpc) is 2.37. The van der Waals surface area contributed by atoms with Gasteiger partial charge in [0.1, 0.15) is 5.54 Å². The molecule has 1 amide bonds. The second-order valence-corrected chi connectivity index (χ2v) is 5.50. The Bertz CT molecular complexity index is 400. The number of rotatable bonds is 8. The van der Waals surface area contributed by atoms with Gasteiger partial charge in [0.2, 0.25) is 5.91 Å². The second-order valence-electron chi connectivity index (χ2n) is 5.50. The highest BCUT2D eigenvalue weighted by Crippen LogP contribution is 2.21. The molecule has 0 bridgehead atoms. The lowest BCUT2D eigenvalue weighted by atomic mass is 9.92. The van der Waals surface area contributed by atoms with E-state index < -0.39 is 5.54 Å². The fourth-order valence-electron chi connectivity index (χ4n) is 2.11. The van der Waals surface area contributed by atoms with Crippen LogP contribution in [0.3, 0.4) is 0 Å². The molecule has 3 N–H and O–H groups in total. The first-order valence-corrected chi connectivity index (χ1v) is 7.12. The molecule has 3 heteroatoms. The van der Waals surface area contributed by atoms with Gasteiger partial charge in [0.15, 0.2) is 0 Å². The molecule has 0 radical (unpaired) electrons. The van der Waals surface area contributed by atoms with Crippen LogP contribution < -0.4 is 11.1 Å². The molecule has 1 unspecified atom stereocenters. The smallest absolute Gasteiger partial charge is 0.242 e. The second kappa shape index (κ2) is 7.17. The first-order chi connectivity index (χ1) is 8.98. The minimum atomic E-state index is -0.664. The summed E-state index contributed by atoms with van der Waals surface area (Å²) in [7, 11) is 0. The van der Waals surface area contributed by atoms with Gasteiger partial charge in [-0.3, -0.25) is 4.79 Å². The molecule has 1 atom stereocenters. The Balaban J connectivity index is 2.65. The van der Waals surface area contributed by atoms with E-state index in [0.717, 1.165) is 24.9 Å². The van der Waals surface area contributed by atoms with Crippen LogP contribution in [0.5, 0.6) is 0 Å². The maximum absolute atomic E-state index is 11.7. The van der Waals surface area contributed by atoms with Crippen LogP contribution in [0.4, 0.5) is 5.69 Å². The van der Waals surface area contributed by atoms with E-state index in [1.165, 1.54) is 18.4 Å². The van der Waals surface area contributed by atoms with Gasteiger partial charge in [-0.1, -0.05) is 50.3 Å². The largest absolute Gasteiger partial charge is 0.371 e. The normalized spacial score (nSPS) is 13.8. The van der Waals surface area contributed by atoms with Crippen molar-refractivity contribution in [2.75, 3.05) is 5.32 Å². The van der Waals surface area contributed by atoms with Crippen LogP contribution in [-0.4, -0.2) is 11.4 Å². The van der Waals surface area contributed by atoms with Crippen molar-refractivity contribution in [1.29, 1.82) is 0 Å². The van der Waals surface area contributed by atoms with Crippen molar-refractivity contribution in [2.24, 2.45) is 5.73 Å². The molecule has 0 saturated heterocycles. The number of benzene rings is 1. The summed E-state index contributed by atoms with van der Waals surface area (Å²) in [5, 5.41) is 3.28. The third kappa shape index (κ3) is 4.93. The number of carbonyl (C=O) groups excluding carboxylic acids is 1. The van der Waals surface area contributed by atoms with E-state index in [-0.39, 0.29) is 5.91 Å². The number of aryl methyl sites for hydroxylation is 1. The molecule has 106 valence electrons. The lowest BCUT2D eigenvalue weighted by Crippen LogP contribution is -2.47. The first-order valence-electron chi connectivity index (χ1n) is 7.12. The number of nitrogens with one attached hydrogen (secondary N) is 1. The zero-order valence-electron chi connectivity index (χ0n) is 12.3. The molecule has 3 nitrogen and oxygen atoms in total. The van der Waals surface area contributed by atoms with E-state index in [1.807, 2.05) is 38.1 Å². The molecule has 0 fully saturated rings. The summed E-state index contributed by atoms with van der Waals surface area (Å²) < 4.78 is 0. The lowest BCUT2D eigenvalue weighted by molar-refractivity contribution is -0.122. The van der Waals surface area contributed by atoms with Crippen molar-refractivity contribution < 1.29 is 4.79 Å². The molecule has 0 saturated carbocycles. The number of carbonyl (C=O) groups is 1. The van der Waals surface area contributed by atoms with E-state index in [9.17, 15) is 4.79 Å². The van der Waals surface area contributed by atoms with Crippen molar-refractivity contribution in [1.82, 2.24) is 0 Å². The summed E-state index contributed by atoms with van der Waals surface area (Å²) in [5.41, 5.74) is 7.05. The van der Waals surface area contributed by atoms with Gasteiger partial charge in [0, 0.05) is 5.69 Å². The molecule has 0 aliphatic carbocycles. The molecule has 1 aromatic rings. The molecule has 0 heterocycles. The van der Waals surface area contributed by atoms with Gasteiger partial charge in [-0.15, -0.1) is 0 Å². The summed E-state index contributed by atoms with van der Waals surface area (Å²) in [4.78, 5) is 11.7. The zero-order chi connectivity index (χ0) is 14.3. The molecule has 0 aromatic heterocycles. The minimum absolute atomic E-state index is 0.287. The van der Waals surface area contributed by atoms with Crippen molar-refractivity contribution >= 4 is 11.6 Å². The topological polar surface area (TPSA) is 55.1 Å². The summed E-state index contributed by atoms with van der Waals surface area (Å²) in [5.74, 6) is -0.287. The van der Waals surface area contributed by atoms with Crippen molar-refractivity contribution in [3.63, 3.8) is 0 Å². The molecule has 0 spiro atoms. The van der Waals surface area contributed by atoms with E-state index in [2.05, 4.69) is 12.2 Å². The van der Waals surface area contributed by atoms with Crippen LogP contribution in [0.25, 0.3) is 0 Å². The van der Waals surface area contributed by atoms with Crippen LogP contribution in [0, 0.1) is 6.92 Å². The molecular formula is C16H26N2O. The predicted molar refractivity (Wildman–Crippen MR) is 81.2 cm³/mol. The molecule has 0 aliphatic rings. The quantitative estimate of drug-likeness (QED) is 0.703. The Hall–Kier alpha value is -1.51. The van der Waals surface area contributed by atoms with Crippen LogP contribution in [0.15, 0.2) is 24.3 Å². The lowest BCUT2D eigenvalue weighted by Gasteiger charge is -2.28. The van der Waals surface area contributed by atoms with Crippen molar-refractivity contribution in [3.8, 4) is 0 Å². The number of amides is 1. The van der Waals surface area contributed by atoms with Gasteiger partial charge in [-0.2, -0.15) is 0 Å². The van der Waals surface area contributed by atoms with Gasteiger partial charge >= 0.3 is 0 Å². The van der Waals surface area contributed by atoms with Crippen LogP contribution in [-0.2, 0) is 4.79 Å². The van der Waals surface area contributed by atoms with Gasteiger partial charge in [0.25, 0.3) is 0 Å². The van der Waals surface area contributed by atoms with Crippen LogP contribution in [0.1, 0.15) is 51.5 Å². The van der Waals surface area contributed by atoms with E-state index in [0.29, 0.717) is 0 Å². The highest BCUT2D eigenvalue weighted by molar-refractivity contribution is 5.87. The van der Waals surface area contributed by atoms with Gasteiger partial charge < -0.3 is 11.1 Å². The van der Waals surface area contributed by atoms with Gasteiger partial charge in [0.05, 0.1) is 0 Å². The molecular weight excluding hydrogens is 236 g/mol. The molecule has 1 rings (SSSR count). The Morgan fingerprint density at radius 1 is 1.21 bits per heavy atom. The predicted octanol–water partition coefficient (Wildman–Crippen LogP) is 3.62. The van der Waals surface area contributed by atoms with Crippen LogP contribution in [0.2, 0.25) is 0 Å². The zero-order valence-corrected chi connectivity index (χ0v) is 12.3. The maximum atomic E-state index is 11.7. The summed E-state index contributed by atoms with van der Waals surface area (Å²) in [6, 6.07) is 8.03. The standard InChI is InChI=1S/C16H26N2O/c1-4-5-6-7-12-16(3,15(17)19)18-14-10-8-13(2)9-11-14/h8-11,18H,4-7,12H2,1-3H3,(H2,17,19). The average molecular weight is 262 g/mol. The Kier molecular flexibility index (Phi) is 5.87. The van der Waals surface area contributed by atoms with E-state index in [4.69, 9.17) is 5.73 Å². The minimum Gasteiger partial charge on any atom is -0.371 e. The van der Waals surface area contributed by atoms with E-state index >= 15 is 0 Å². The summed E-state index contributed by atoms with van der Waals surface area (Å²) >= 11 is 0. The maximum Gasteiger partial charge on any atom is 0.242 e. The van der Waals surface area contributed by atoms with Crippen molar-refractivity contribution in [2.45, 2.75) is 58.4 Å². The fourth-order valence-corrected chi connectivity index (χ4v) is 2.11. The Morgan fingerprint density at radius 2 is 1.84 bits per heavy atom. The summed E-state index contributed by atoms with van der Waals surface area (Å²) in [6.07, 6.45) is 5.34. The van der Waals surface area contributed by atoms with E-state index in [1.54, 1.807) is 0 Å².